The summed E-state index contributed by atoms with van der Waals surface area (Å²) in [5, 5.41) is 19.0. The molecule has 186 valence electrons. The molecular weight excluding hydrogens is 501 g/mol. The second kappa shape index (κ2) is 10.3. The predicted molar refractivity (Wildman–Crippen MR) is 141 cm³/mol. The third-order valence-corrected chi connectivity index (χ3v) is 8.40. The summed E-state index contributed by atoms with van der Waals surface area (Å²) in [6.07, 6.45) is 1.33. The predicted octanol–water partition coefficient (Wildman–Crippen LogP) is 4.33. The number of benzene rings is 2. The molecule has 0 amide bonds. The van der Waals surface area contributed by atoms with Crippen LogP contribution in [0.3, 0.4) is 0 Å². The maximum Gasteiger partial charge on any atom is 0.341 e. The van der Waals surface area contributed by atoms with E-state index in [4.69, 9.17) is 0 Å². The van der Waals surface area contributed by atoms with Crippen LogP contribution in [0.2, 0.25) is 0 Å². The summed E-state index contributed by atoms with van der Waals surface area (Å²) >= 11 is 3.22. The molecule has 0 atom stereocenters. The fourth-order valence-corrected chi connectivity index (χ4v) is 6.15. The van der Waals surface area contributed by atoms with E-state index in [9.17, 15) is 14.7 Å². The summed E-state index contributed by atoms with van der Waals surface area (Å²) in [4.78, 5) is 28.2. The minimum absolute atomic E-state index is 0.0750. The molecule has 5 rings (SSSR count). The van der Waals surface area contributed by atoms with Crippen molar-refractivity contribution in [2.75, 3.05) is 36.0 Å². The Morgan fingerprint density at radius 2 is 1.83 bits per heavy atom. The molecule has 1 N–H and O–H groups in total. The van der Waals surface area contributed by atoms with Gasteiger partial charge in [0.1, 0.15) is 11.4 Å². The van der Waals surface area contributed by atoms with Gasteiger partial charge in [-0.2, -0.15) is 0 Å². The average molecular weight is 526 g/mol. The number of rotatable bonds is 7. The number of halogens is 1. The lowest BCUT2D eigenvalue weighted by Crippen LogP contribution is -2.46. The van der Waals surface area contributed by atoms with Crippen LogP contribution in [-0.4, -0.2) is 52.0 Å². The number of hydrogen-bond acceptors (Lipinski definition) is 8. The van der Waals surface area contributed by atoms with E-state index >= 15 is 4.39 Å². The number of aryl methyl sites for hydroxylation is 1. The highest BCUT2D eigenvalue weighted by Crippen LogP contribution is 2.32. The Labute approximate surface area is 215 Å². The number of nitrogens with zero attached hydrogens (tertiary/aromatic N) is 5. The molecule has 1 aliphatic heterocycles. The Morgan fingerprint density at radius 1 is 1.11 bits per heavy atom. The largest absolute Gasteiger partial charge is 0.477 e. The summed E-state index contributed by atoms with van der Waals surface area (Å²) in [5.41, 5.74) is 1.13. The third-order valence-electron chi connectivity index (χ3n) is 6.21. The topological polar surface area (TPSA) is 91.6 Å². The lowest BCUT2D eigenvalue weighted by atomic mass is 10.1. The van der Waals surface area contributed by atoms with E-state index in [1.54, 1.807) is 33.7 Å². The van der Waals surface area contributed by atoms with Crippen LogP contribution in [0.4, 0.5) is 15.2 Å². The van der Waals surface area contributed by atoms with Crippen molar-refractivity contribution in [3.8, 4) is 0 Å². The van der Waals surface area contributed by atoms with Crippen LogP contribution in [0.1, 0.15) is 22.8 Å². The van der Waals surface area contributed by atoms with Crippen molar-refractivity contribution in [2.45, 2.75) is 23.6 Å². The van der Waals surface area contributed by atoms with Crippen molar-refractivity contribution in [1.29, 1.82) is 0 Å². The Balaban J connectivity index is 1.30. The van der Waals surface area contributed by atoms with Gasteiger partial charge in [0.25, 0.3) is 0 Å². The Hall–Kier alpha value is -3.44. The van der Waals surface area contributed by atoms with Gasteiger partial charge in [-0.3, -0.25) is 4.79 Å². The first kappa shape index (κ1) is 24.3. The van der Waals surface area contributed by atoms with Crippen LogP contribution < -0.4 is 15.2 Å². The van der Waals surface area contributed by atoms with E-state index in [1.165, 1.54) is 17.8 Å². The molecule has 0 saturated carbocycles. The Kier molecular flexibility index (Phi) is 6.92. The zero-order valence-corrected chi connectivity index (χ0v) is 21.2. The fourth-order valence-electron chi connectivity index (χ4n) is 4.30. The molecule has 1 saturated heterocycles. The molecule has 4 aromatic rings. The minimum Gasteiger partial charge on any atom is -0.477 e. The molecule has 0 bridgehead atoms. The van der Waals surface area contributed by atoms with Crippen molar-refractivity contribution >= 4 is 50.8 Å². The van der Waals surface area contributed by atoms with Gasteiger partial charge < -0.3 is 19.5 Å². The quantitative estimate of drug-likeness (QED) is 0.357. The zero-order valence-electron chi connectivity index (χ0n) is 19.6. The normalized spacial score (nSPS) is 13.9. The van der Waals surface area contributed by atoms with Crippen molar-refractivity contribution in [2.24, 2.45) is 0 Å². The van der Waals surface area contributed by atoms with E-state index in [1.807, 2.05) is 30.0 Å². The molecule has 36 heavy (non-hydrogen) atoms. The molecule has 0 unspecified atom stereocenters. The molecule has 1 fully saturated rings. The number of hydrogen-bond donors (Lipinski definition) is 1. The maximum atomic E-state index is 15.1. The molecule has 8 nitrogen and oxygen atoms in total. The molecule has 2 aromatic carbocycles. The first-order valence-corrected chi connectivity index (χ1v) is 13.3. The van der Waals surface area contributed by atoms with Gasteiger partial charge in [0.05, 0.1) is 11.2 Å². The van der Waals surface area contributed by atoms with Crippen LogP contribution in [0.15, 0.2) is 57.8 Å². The highest BCUT2D eigenvalue weighted by atomic mass is 32.2. The number of carbonyl (C=O) groups is 1. The van der Waals surface area contributed by atoms with E-state index in [0.717, 1.165) is 15.2 Å². The molecule has 0 radical (unpaired) electrons. The fraction of sp³-hybridized carbons (Fsp3) is 0.280. The van der Waals surface area contributed by atoms with Gasteiger partial charge in [-0.15, -0.1) is 10.2 Å². The number of fused-ring (bicyclic) bond motifs is 1. The van der Waals surface area contributed by atoms with E-state index < -0.39 is 17.2 Å². The summed E-state index contributed by atoms with van der Waals surface area (Å²) in [5.74, 6) is -1.02. The summed E-state index contributed by atoms with van der Waals surface area (Å²) < 4.78 is 17.7. The van der Waals surface area contributed by atoms with Crippen LogP contribution in [0.5, 0.6) is 0 Å². The molecular formula is C25H24FN5O3S2. The Bertz CT molecular complexity index is 1470. The Morgan fingerprint density at radius 3 is 2.53 bits per heavy atom. The van der Waals surface area contributed by atoms with Gasteiger partial charge in [-0.25, -0.2) is 9.18 Å². The zero-order chi connectivity index (χ0) is 25.2. The van der Waals surface area contributed by atoms with Crippen molar-refractivity contribution in [3.63, 3.8) is 0 Å². The van der Waals surface area contributed by atoms with Crippen LogP contribution in [-0.2, 0) is 12.3 Å². The summed E-state index contributed by atoms with van der Waals surface area (Å²) in [7, 11) is 0. The number of aromatic carboxylic acids is 1. The smallest absolute Gasteiger partial charge is 0.341 e. The second-order valence-corrected chi connectivity index (χ2v) is 10.6. The van der Waals surface area contributed by atoms with E-state index in [0.29, 0.717) is 43.9 Å². The number of pyridine rings is 1. The lowest BCUT2D eigenvalue weighted by Gasteiger charge is -2.36. The molecule has 0 spiro atoms. The number of piperazine rings is 1. The monoisotopic (exact) mass is 525 g/mol. The number of carboxylic acid groups (broad SMARTS) is 1. The minimum atomic E-state index is -1.32. The highest BCUT2D eigenvalue weighted by Gasteiger charge is 2.24. The number of aromatic nitrogens is 3. The van der Waals surface area contributed by atoms with Gasteiger partial charge in [0, 0.05) is 50.1 Å². The third kappa shape index (κ3) is 4.80. The molecule has 2 aromatic heterocycles. The highest BCUT2D eigenvalue weighted by molar-refractivity contribution is 8.00. The van der Waals surface area contributed by atoms with Crippen molar-refractivity contribution in [1.82, 2.24) is 14.8 Å². The SMILES string of the molecule is CCn1cc(C(=O)O)c(=O)c2cc(F)c(N3CCN(c4nnc(SCc5ccccc5)s4)CC3)cc21. The average Bonchev–Trinajstić information content (AvgIpc) is 3.37. The van der Waals surface area contributed by atoms with Crippen LogP contribution in [0.25, 0.3) is 10.9 Å². The molecule has 3 heterocycles. The van der Waals surface area contributed by atoms with Gasteiger partial charge in [0.2, 0.25) is 10.6 Å². The van der Waals surface area contributed by atoms with E-state index in [-0.39, 0.29) is 10.9 Å². The van der Waals surface area contributed by atoms with Crippen molar-refractivity contribution < 1.29 is 14.3 Å². The number of carboxylic acids is 1. The first-order chi connectivity index (χ1) is 17.4. The standard InChI is InChI=1S/C25H24FN5O3S2/c1-2-29-14-18(23(33)34)22(32)17-12-19(26)21(13-20(17)29)30-8-10-31(11-9-30)24-27-28-25(36-24)35-15-16-6-4-3-5-7-16/h3-7,12-14H,2,8-11,15H2,1H3,(H,33,34). The van der Waals surface area contributed by atoms with Gasteiger partial charge in [-0.1, -0.05) is 53.4 Å². The van der Waals surface area contributed by atoms with Gasteiger partial charge in [0.15, 0.2) is 4.34 Å². The number of thioether (sulfide) groups is 1. The van der Waals surface area contributed by atoms with Crippen LogP contribution in [0, 0.1) is 5.82 Å². The molecule has 1 aliphatic rings. The molecule has 11 heteroatoms. The van der Waals surface area contributed by atoms with Gasteiger partial charge >= 0.3 is 5.97 Å². The first-order valence-electron chi connectivity index (χ1n) is 11.5. The van der Waals surface area contributed by atoms with E-state index in [2.05, 4.69) is 27.2 Å². The van der Waals surface area contributed by atoms with Crippen molar-refractivity contribution in [3.05, 3.63) is 75.8 Å². The summed E-state index contributed by atoms with van der Waals surface area (Å²) in [6.45, 7) is 4.79. The summed E-state index contributed by atoms with van der Waals surface area (Å²) in [6, 6.07) is 13.0. The molecule has 0 aliphatic carbocycles. The maximum absolute atomic E-state index is 15.1. The number of anilines is 2. The van der Waals surface area contributed by atoms with Gasteiger partial charge in [-0.05, 0) is 24.6 Å². The lowest BCUT2D eigenvalue weighted by molar-refractivity contribution is 0.0695. The van der Waals surface area contributed by atoms with Crippen LogP contribution >= 0.6 is 23.1 Å². The second-order valence-electron chi connectivity index (χ2n) is 8.38.